The molecule has 1 aromatic carbocycles. The van der Waals surface area contributed by atoms with Gasteiger partial charge in [-0.3, -0.25) is 4.90 Å². The smallest absolute Gasteiger partial charge is 0.0571 e. The van der Waals surface area contributed by atoms with Crippen LogP contribution in [0.1, 0.15) is 44.1 Å². The second kappa shape index (κ2) is 7.55. The van der Waals surface area contributed by atoms with Crippen LogP contribution in [0, 0.1) is 0 Å². The highest BCUT2D eigenvalue weighted by atomic mass is 15.2. The van der Waals surface area contributed by atoms with E-state index in [1.807, 2.05) is 0 Å². The number of nitrogens with two attached hydrogens (primary N) is 1. The van der Waals surface area contributed by atoms with Gasteiger partial charge in [0.1, 0.15) is 0 Å². The SMILES string of the molecule is NC1CCCCCCN1CCCc1ccccc1. The van der Waals surface area contributed by atoms with Gasteiger partial charge in [-0.15, -0.1) is 0 Å². The maximum Gasteiger partial charge on any atom is 0.0571 e. The van der Waals surface area contributed by atoms with Crippen molar-refractivity contribution in [1.29, 1.82) is 0 Å². The molecule has 0 aliphatic carbocycles. The van der Waals surface area contributed by atoms with Gasteiger partial charge in [0.05, 0.1) is 6.17 Å². The topological polar surface area (TPSA) is 29.3 Å². The first-order chi connectivity index (χ1) is 8.86. The predicted molar refractivity (Wildman–Crippen MR) is 77.4 cm³/mol. The zero-order chi connectivity index (χ0) is 12.6. The Balaban J connectivity index is 1.74. The van der Waals surface area contributed by atoms with Crippen molar-refractivity contribution < 1.29 is 0 Å². The molecule has 2 heteroatoms. The predicted octanol–water partition coefficient (Wildman–Crippen LogP) is 3.17. The molecular weight excluding hydrogens is 220 g/mol. The van der Waals surface area contributed by atoms with Crippen molar-refractivity contribution in [2.24, 2.45) is 5.73 Å². The molecule has 0 radical (unpaired) electrons. The standard InChI is InChI=1S/C16H26N2/c17-16-12-6-1-2-7-13-18(16)14-8-11-15-9-4-3-5-10-15/h3-5,9-10,16H,1-2,6-8,11-14,17H2. The number of hydrogen-bond acceptors (Lipinski definition) is 2. The molecule has 1 aliphatic heterocycles. The molecule has 100 valence electrons. The van der Waals surface area contributed by atoms with Crippen molar-refractivity contribution >= 4 is 0 Å². The van der Waals surface area contributed by atoms with Gasteiger partial charge in [-0.25, -0.2) is 0 Å². The van der Waals surface area contributed by atoms with Crippen LogP contribution in [0.5, 0.6) is 0 Å². The van der Waals surface area contributed by atoms with Gasteiger partial charge in [-0.05, 0) is 44.3 Å². The third kappa shape index (κ3) is 4.43. The summed E-state index contributed by atoms with van der Waals surface area (Å²) in [6.07, 6.45) is 9.22. The van der Waals surface area contributed by atoms with E-state index >= 15 is 0 Å². The van der Waals surface area contributed by atoms with Gasteiger partial charge in [0.25, 0.3) is 0 Å². The maximum atomic E-state index is 6.25. The van der Waals surface area contributed by atoms with E-state index in [1.54, 1.807) is 0 Å². The molecular formula is C16H26N2. The zero-order valence-electron chi connectivity index (χ0n) is 11.4. The van der Waals surface area contributed by atoms with E-state index in [-0.39, 0.29) is 0 Å². The van der Waals surface area contributed by atoms with Gasteiger partial charge in [0.2, 0.25) is 0 Å². The van der Waals surface area contributed by atoms with Gasteiger partial charge < -0.3 is 5.73 Å². The highest BCUT2D eigenvalue weighted by molar-refractivity contribution is 5.14. The van der Waals surface area contributed by atoms with Crippen LogP contribution < -0.4 is 5.73 Å². The first-order valence-corrected chi connectivity index (χ1v) is 7.40. The molecule has 1 atom stereocenters. The minimum atomic E-state index is 0.293. The van der Waals surface area contributed by atoms with Gasteiger partial charge >= 0.3 is 0 Å². The number of likely N-dealkylation sites (tertiary alicyclic amines) is 1. The minimum Gasteiger partial charge on any atom is -0.316 e. The fourth-order valence-corrected chi connectivity index (χ4v) is 2.78. The summed E-state index contributed by atoms with van der Waals surface area (Å²) in [7, 11) is 0. The van der Waals surface area contributed by atoms with E-state index in [9.17, 15) is 0 Å². The molecule has 0 amide bonds. The first-order valence-electron chi connectivity index (χ1n) is 7.40. The van der Waals surface area contributed by atoms with Crippen LogP contribution in [0.4, 0.5) is 0 Å². The summed E-state index contributed by atoms with van der Waals surface area (Å²) >= 11 is 0. The second-order valence-corrected chi connectivity index (χ2v) is 5.40. The molecule has 1 aromatic rings. The molecule has 0 saturated carbocycles. The van der Waals surface area contributed by atoms with Crippen molar-refractivity contribution in [2.75, 3.05) is 13.1 Å². The Morgan fingerprint density at radius 1 is 1.06 bits per heavy atom. The van der Waals surface area contributed by atoms with Gasteiger partial charge in [-0.2, -0.15) is 0 Å². The number of benzene rings is 1. The minimum absolute atomic E-state index is 0.293. The lowest BCUT2D eigenvalue weighted by atomic mass is 10.1. The summed E-state index contributed by atoms with van der Waals surface area (Å²) in [4.78, 5) is 2.49. The lowest BCUT2D eigenvalue weighted by Gasteiger charge is -2.30. The summed E-state index contributed by atoms with van der Waals surface area (Å²) < 4.78 is 0. The largest absolute Gasteiger partial charge is 0.316 e. The lowest BCUT2D eigenvalue weighted by Crippen LogP contribution is -2.43. The fraction of sp³-hybridized carbons (Fsp3) is 0.625. The van der Waals surface area contributed by atoms with Crippen molar-refractivity contribution in [3.8, 4) is 0 Å². The molecule has 2 rings (SSSR count). The van der Waals surface area contributed by atoms with Crippen LogP contribution in [0.2, 0.25) is 0 Å². The summed E-state index contributed by atoms with van der Waals surface area (Å²) in [6.45, 7) is 2.34. The Morgan fingerprint density at radius 2 is 1.83 bits per heavy atom. The quantitative estimate of drug-likeness (QED) is 0.884. The molecule has 0 spiro atoms. The summed E-state index contributed by atoms with van der Waals surface area (Å²) in [5.41, 5.74) is 7.70. The molecule has 1 fully saturated rings. The second-order valence-electron chi connectivity index (χ2n) is 5.40. The maximum absolute atomic E-state index is 6.25. The van der Waals surface area contributed by atoms with Crippen LogP contribution in [-0.2, 0) is 6.42 Å². The monoisotopic (exact) mass is 246 g/mol. The van der Waals surface area contributed by atoms with Crippen molar-refractivity contribution in [3.63, 3.8) is 0 Å². The molecule has 1 saturated heterocycles. The van der Waals surface area contributed by atoms with Crippen LogP contribution in [-0.4, -0.2) is 24.2 Å². The number of rotatable bonds is 4. The molecule has 1 aliphatic rings. The van der Waals surface area contributed by atoms with E-state index in [1.165, 1.54) is 57.1 Å². The van der Waals surface area contributed by atoms with Crippen molar-refractivity contribution in [3.05, 3.63) is 35.9 Å². The Morgan fingerprint density at radius 3 is 2.67 bits per heavy atom. The first kappa shape index (κ1) is 13.6. The van der Waals surface area contributed by atoms with E-state index < -0.39 is 0 Å². The molecule has 1 unspecified atom stereocenters. The number of hydrogen-bond donors (Lipinski definition) is 1. The van der Waals surface area contributed by atoms with Gasteiger partial charge in [0.15, 0.2) is 0 Å². The average molecular weight is 246 g/mol. The average Bonchev–Trinajstić information content (AvgIpc) is 2.39. The fourth-order valence-electron chi connectivity index (χ4n) is 2.78. The molecule has 0 aromatic heterocycles. The highest BCUT2D eigenvalue weighted by Crippen LogP contribution is 2.14. The van der Waals surface area contributed by atoms with E-state index in [4.69, 9.17) is 5.73 Å². The molecule has 0 bridgehead atoms. The van der Waals surface area contributed by atoms with Crippen molar-refractivity contribution in [1.82, 2.24) is 4.90 Å². The molecule has 18 heavy (non-hydrogen) atoms. The highest BCUT2D eigenvalue weighted by Gasteiger charge is 2.15. The van der Waals surface area contributed by atoms with Crippen LogP contribution >= 0.6 is 0 Å². The molecule has 2 nitrogen and oxygen atoms in total. The third-order valence-electron chi connectivity index (χ3n) is 3.92. The van der Waals surface area contributed by atoms with E-state index in [0.29, 0.717) is 6.17 Å². The van der Waals surface area contributed by atoms with Crippen LogP contribution in [0.3, 0.4) is 0 Å². The van der Waals surface area contributed by atoms with Crippen molar-refractivity contribution in [2.45, 2.75) is 51.1 Å². The Bertz CT molecular complexity index is 323. The van der Waals surface area contributed by atoms with Crippen LogP contribution in [0.25, 0.3) is 0 Å². The van der Waals surface area contributed by atoms with Gasteiger partial charge in [-0.1, -0.05) is 49.6 Å². The normalized spacial score (nSPS) is 22.4. The Kier molecular flexibility index (Phi) is 5.69. The Labute approximate surface area is 111 Å². The number of aryl methyl sites for hydroxylation is 1. The summed E-state index contributed by atoms with van der Waals surface area (Å²) in [5.74, 6) is 0. The van der Waals surface area contributed by atoms with E-state index in [2.05, 4.69) is 35.2 Å². The zero-order valence-corrected chi connectivity index (χ0v) is 11.4. The van der Waals surface area contributed by atoms with Crippen LogP contribution in [0.15, 0.2) is 30.3 Å². The molecule has 1 heterocycles. The van der Waals surface area contributed by atoms with Gasteiger partial charge in [0, 0.05) is 0 Å². The third-order valence-corrected chi connectivity index (χ3v) is 3.92. The molecule has 2 N–H and O–H groups in total. The Hall–Kier alpha value is -0.860. The lowest BCUT2D eigenvalue weighted by molar-refractivity contribution is 0.170. The summed E-state index contributed by atoms with van der Waals surface area (Å²) in [6, 6.07) is 10.8. The summed E-state index contributed by atoms with van der Waals surface area (Å²) in [5, 5.41) is 0. The number of nitrogens with zero attached hydrogens (tertiary/aromatic N) is 1. The van der Waals surface area contributed by atoms with E-state index in [0.717, 1.165) is 6.54 Å².